The van der Waals surface area contributed by atoms with Crippen LogP contribution in [0, 0.1) is 12.7 Å². The molecule has 0 spiro atoms. The highest BCUT2D eigenvalue weighted by atomic mass is 19.1. The minimum Gasteiger partial charge on any atom is -0.464 e. The van der Waals surface area contributed by atoms with Gasteiger partial charge in [-0.1, -0.05) is 6.07 Å². The summed E-state index contributed by atoms with van der Waals surface area (Å²) in [4.78, 5) is 1.93. The molecule has 0 fully saturated rings. The minimum atomic E-state index is -0.266. The fraction of sp³-hybridized carbons (Fsp3) is 0.286. The number of furan rings is 1. The van der Waals surface area contributed by atoms with Crippen molar-refractivity contribution in [1.29, 1.82) is 0 Å². The van der Waals surface area contributed by atoms with Crippen molar-refractivity contribution in [2.75, 3.05) is 11.9 Å². The number of benzene rings is 1. The fourth-order valence-electron chi connectivity index (χ4n) is 2.00. The molecule has 2 rings (SSSR count). The Morgan fingerprint density at radius 1 is 1.28 bits per heavy atom. The maximum absolute atomic E-state index is 13.6. The van der Waals surface area contributed by atoms with Gasteiger partial charge in [0.2, 0.25) is 0 Å². The highest BCUT2D eigenvalue weighted by molar-refractivity contribution is 5.53. The quantitative estimate of drug-likeness (QED) is 0.904. The Labute approximate surface area is 106 Å². The van der Waals surface area contributed by atoms with Crippen molar-refractivity contribution in [2.24, 2.45) is 5.73 Å². The maximum atomic E-state index is 13.6. The SMILES string of the molecule is Cc1ccc(CN(C)c2cccc(F)c2CN)o1. The molecule has 0 radical (unpaired) electrons. The molecule has 1 aromatic heterocycles. The Morgan fingerprint density at radius 2 is 2.06 bits per heavy atom. The summed E-state index contributed by atoms with van der Waals surface area (Å²) in [7, 11) is 1.89. The molecular weight excluding hydrogens is 231 g/mol. The number of hydrogen-bond donors (Lipinski definition) is 1. The van der Waals surface area contributed by atoms with Gasteiger partial charge in [0.15, 0.2) is 0 Å². The molecule has 0 saturated carbocycles. The molecule has 18 heavy (non-hydrogen) atoms. The van der Waals surface area contributed by atoms with Crippen molar-refractivity contribution in [3.8, 4) is 0 Å². The van der Waals surface area contributed by atoms with Crippen LogP contribution in [0.15, 0.2) is 34.7 Å². The number of rotatable bonds is 4. The van der Waals surface area contributed by atoms with E-state index in [0.29, 0.717) is 12.1 Å². The van der Waals surface area contributed by atoms with Gasteiger partial charge in [0.25, 0.3) is 0 Å². The zero-order valence-corrected chi connectivity index (χ0v) is 10.6. The van der Waals surface area contributed by atoms with E-state index in [1.807, 2.05) is 37.1 Å². The van der Waals surface area contributed by atoms with Crippen molar-refractivity contribution in [2.45, 2.75) is 20.0 Å². The summed E-state index contributed by atoms with van der Waals surface area (Å²) < 4.78 is 19.1. The van der Waals surface area contributed by atoms with Crippen LogP contribution >= 0.6 is 0 Å². The third kappa shape index (κ3) is 2.54. The lowest BCUT2D eigenvalue weighted by atomic mass is 10.1. The average Bonchev–Trinajstić information content (AvgIpc) is 2.74. The normalized spacial score (nSPS) is 10.7. The lowest BCUT2D eigenvalue weighted by Gasteiger charge is -2.21. The summed E-state index contributed by atoms with van der Waals surface area (Å²) in [6, 6.07) is 8.82. The van der Waals surface area contributed by atoms with E-state index in [2.05, 4.69) is 0 Å². The van der Waals surface area contributed by atoms with Crippen molar-refractivity contribution >= 4 is 5.69 Å². The van der Waals surface area contributed by atoms with Gasteiger partial charge < -0.3 is 15.1 Å². The third-order valence-corrected chi connectivity index (χ3v) is 2.90. The first kappa shape index (κ1) is 12.6. The average molecular weight is 248 g/mol. The Morgan fingerprint density at radius 3 is 2.67 bits per heavy atom. The molecule has 0 amide bonds. The lowest BCUT2D eigenvalue weighted by molar-refractivity contribution is 0.481. The second-order valence-corrected chi connectivity index (χ2v) is 4.31. The summed E-state index contributed by atoms with van der Waals surface area (Å²) >= 11 is 0. The van der Waals surface area contributed by atoms with Crippen molar-refractivity contribution < 1.29 is 8.81 Å². The first-order valence-electron chi connectivity index (χ1n) is 5.85. The predicted molar refractivity (Wildman–Crippen MR) is 69.8 cm³/mol. The number of nitrogens with zero attached hydrogens (tertiary/aromatic N) is 1. The van der Waals surface area contributed by atoms with Gasteiger partial charge in [-0.3, -0.25) is 0 Å². The number of halogens is 1. The monoisotopic (exact) mass is 248 g/mol. The summed E-state index contributed by atoms with van der Waals surface area (Å²) in [6.45, 7) is 2.67. The molecule has 0 saturated heterocycles. The van der Waals surface area contributed by atoms with Crippen LogP contribution in [0.25, 0.3) is 0 Å². The van der Waals surface area contributed by atoms with E-state index in [1.165, 1.54) is 6.07 Å². The summed E-state index contributed by atoms with van der Waals surface area (Å²) in [5, 5.41) is 0. The van der Waals surface area contributed by atoms with E-state index < -0.39 is 0 Å². The second kappa shape index (κ2) is 5.23. The molecule has 0 aliphatic carbocycles. The molecule has 0 aliphatic rings. The lowest BCUT2D eigenvalue weighted by Crippen LogP contribution is -2.19. The Balaban J connectivity index is 2.23. The van der Waals surface area contributed by atoms with Gasteiger partial charge in [0.05, 0.1) is 6.54 Å². The summed E-state index contributed by atoms with van der Waals surface area (Å²) in [5.41, 5.74) is 6.93. The topological polar surface area (TPSA) is 42.4 Å². The smallest absolute Gasteiger partial charge is 0.129 e. The molecule has 0 aliphatic heterocycles. The summed E-state index contributed by atoms with van der Waals surface area (Å²) in [5.74, 6) is 1.45. The van der Waals surface area contributed by atoms with Crippen LogP contribution in [-0.4, -0.2) is 7.05 Å². The highest BCUT2D eigenvalue weighted by Crippen LogP contribution is 2.23. The molecule has 96 valence electrons. The number of hydrogen-bond acceptors (Lipinski definition) is 3. The number of nitrogens with two attached hydrogens (primary N) is 1. The van der Waals surface area contributed by atoms with Gasteiger partial charge in [0, 0.05) is 24.8 Å². The Kier molecular flexibility index (Phi) is 3.67. The van der Waals surface area contributed by atoms with Crippen molar-refractivity contribution in [3.63, 3.8) is 0 Å². The molecule has 0 atom stereocenters. The molecule has 2 aromatic rings. The molecule has 2 N–H and O–H groups in total. The van der Waals surface area contributed by atoms with Gasteiger partial charge in [-0.2, -0.15) is 0 Å². The van der Waals surface area contributed by atoms with Gasteiger partial charge in [-0.25, -0.2) is 4.39 Å². The van der Waals surface area contributed by atoms with Gasteiger partial charge in [-0.05, 0) is 31.2 Å². The fourth-order valence-corrected chi connectivity index (χ4v) is 2.00. The molecule has 4 heteroatoms. The zero-order chi connectivity index (χ0) is 13.1. The van der Waals surface area contributed by atoms with Gasteiger partial charge in [0.1, 0.15) is 17.3 Å². The van der Waals surface area contributed by atoms with Crippen LogP contribution < -0.4 is 10.6 Å². The van der Waals surface area contributed by atoms with Crippen molar-refractivity contribution in [3.05, 3.63) is 53.2 Å². The van der Waals surface area contributed by atoms with Crippen LogP contribution in [-0.2, 0) is 13.1 Å². The minimum absolute atomic E-state index is 0.184. The Hall–Kier alpha value is -1.81. The van der Waals surface area contributed by atoms with Crippen LogP contribution in [0.2, 0.25) is 0 Å². The summed E-state index contributed by atoms with van der Waals surface area (Å²) in [6.07, 6.45) is 0. The van der Waals surface area contributed by atoms with Gasteiger partial charge >= 0.3 is 0 Å². The first-order chi connectivity index (χ1) is 8.61. The van der Waals surface area contributed by atoms with Crippen LogP contribution in [0.3, 0.4) is 0 Å². The molecule has 0 bridgehead atoms. The van der Waals surface area contributed by atoms with E-state index in [1.54, 1.807) is 6.07 Å². The predicted octanol–water partition coefficient (Wildman–Crippen LogP) is 2.82. The van der Waals surface area contributed by atoms with E-state index in [9.17, 15) is 4.39 Å². The van der Waals surface area contributed by atoms with E-state index >= 15 is 0 Å². The first-order valence-corrected chi connectivity index (χ1v) is 5.85. The highest BCUT2D eigenvalue weighted by Gasteiger charge is 2.12. The maximum Gasteiger partial charge on any atom is 0.129 e. The van der Waals surface area contributed by atoms with Crippen LogP contribution in [0.1, 0.15) is 17.1 Å². The van der Waals surface area contributed by atoms with Crippen molar-refractivity contribution in [1.82, 2.24) is 0 Å². The van der Waals surface area contributed by atoms with E-state index in [4.69, 9.17) is 10.2 Å². The molecule has 3 nitrogen and oxygen atoms in total. The van der Waals surface area contributed by atoms with Crippen LogP contribution in [0.5, 0.6) is 0 Å². The zero-order valence-electron chi connectivity index (χ0n) is 10.6. The van der Waals surface area contributed by atoms with E-state index in [0.717, 1.165) is 17.2 Å². The molecule has 1 heterocycles. The molecule has 1 aromatic carbocycles. The largest absolute Gasteiger partial charge is 0.464 e. The molecular formula is C14H17FN2O. The van der Waals surface area contributed by atoms with E-state index in [-0.39, 0.29) is 12.4 Å². The van der Waals surface area contributed by atoms with Gasteiger partial charge in [-0.15, -0.1) is 0 Å². The third-order valence-electron chi connectivity index (χ3n) is 2.90. The standard InChI is InChI=1S/C14H17FN2O/c1-10-6-7-11(18-10)9-17(2)14-5-3-4-13(15)12(14)8-16/h3-7H,8-9,16H2,1-2H3. The second-order valence-electron chi connectivity index (χ2n) is 4.31. The molecule has 0 unspecified atom stereocenters. The number of aryl methyl sites for hydroxylation is 1. The number of anilines is 1. The Bertz CT molecular complexity index is 536. The van der Waals surface area contributed by atoms with Crippen LogP contribution in [0.4, 0.5) is 10.1 Å².